The molecule has 1 atom stereocenters. The Bertz CT molecular complexity index is 353. The van der Waals surface area contributed by atoms with Crippen molar-refractivity contribution in [3.8, 4) is 0 Å². The number of pyridine rings is 1. The van der Waals surface area contributed by atoms with E-state index in [-0.39, 0.29) is 0 Å². The van der Waals surface area contributed by atoms with Crippen molar-refractivity contribution in [2.75, 3.05) is 23.3 Å². The molecule has 88 valence electrons. The molecule has 0 amide bonds. The summed E-state index contributed by atoms with van der Waals surface area (Å²) in [6.45, 7) is 0.986. The lowest BCUT2D eigenvalue weighted by molar-refractivity contribution is 0.677. The van der Waals surface area contributed by atoms with Gasteiger partial charge in [-0.3, -0.25) is 0 Å². The van der Waals surface area contributed by atoms with Crippen LogP contribution in [-0.2, 0) is 0 Å². The number of thioether (sulfide) groups is 1. The van der Waals surface area contributed by atoms with Crippen LogP contribution < -0.4 is 11.1 Å². The zero-order valence-corrected chi connectivity index (χ0v) is 11.5. The number of anilines is 2. The molecule has 3 N–H and O–H groups in total. The molecule has 1 aromatic rings. The third kappa shape index (κ3) is 3.28. The SMILES string of the molecule is Nc1cnc(NCC2CCCCS2)c(Br)c1. The number of nitrogen functional groups attached to an aromatic ring is 1. The maximum Gasteiger partial charge on any atom is 0.140 e. The number of aromatic nitrogens is 1. The van der Waals surface area contributed by atoms with Gasteiger partial charge < -0.3 is 11.1 Å². The van der Waals surface area contributed by atoms with Crippen LogP contribution in [0.2, 0.25) is 0 Å². The average molecular weight is 302 g/mol. The lowest BCUT2D eigenvalue weighted by Gasteiger charge is -2.21. The molecule has 0 spiro atoms. The van der Waals surface area contributed by atoms with Crippen LogP contribution in [0.3, 0.4) is 0 Å². The number of hydrogen-bond acceptors (Lipinski definition) is 4. The summed E-state index contributed by atoms with van der Waals surface area (Å²) in [6.07, 6.45) is 5.71. The molecule has 2 heterocycles. The molecule has 1 aromatic heterocycles. The molecule has 0 aliphatic carbocycles. The first kappa shape index (κ1) is 12.0. The Morgan fingerprint density at radius 1 is 1.56 bits per heavy atom. The van der Waals surface area contributed by atoms with Crippen molar-refractivity contribution in [1.29, 1.82) is 0 Å². The zero-order chi connectivity index (χ0) is 11.4. The summed E-state index contributed by atoms with van der Waals surface area (Å²) in [5.74, 6) is 2.18. The number of rotatable bonds is 3. The summed E-state index contributed by atoms with van der Waals surface area (Å²) in [4.78, 5) is 4.27. The van der Waals surface area contributed by atoms with E-state index in [0.717, 1.165) is 22.1 Å². The normalized spacial score (nSPS) is 20.7. The van der Waals surface area contributed by atoms with Crippen LogP contribution in [0, 0.1) is 0 Å². The van der Waals surface area contributed by atoms with Gasteiger partial charge in [-0.25, -0.2) is 4.98 Å². The molecule has 16 heavy (non-hydrogen) atoms. The quantitative estimate of drug-likeness (QED) is 0.900. The Balaban J connectivity index is 1.88. The van der Waals surface area contributed by atoms with E-state index in [9.17, 15) is 0 Å². The van der Waals surface area contributed by atoms with Gasteiger partial charge in [-0.15, -0.1) is 0 Å². The fraction of sp³-hybridized carbons (Fsp3) is 0.545. The first-order valence-corrected chi connectivity index (χ1v) is 7.36. The van der Waals surface area contributed by atoms with Gasteiger partial charge in [-0.1, -0.05) is 6.42 Å². The Morgan fingerprint density at radius 3 is 3.12 bits per heavy atom. The molecule has 1 saturated heterocycles. The van der Waals surface area contributed by atoms with Gasteiger partial charge >= 0.3 is 0 Å². The van der Waals surface area contributed by atoms with E-state index in [0.29, 0.717) is 5.69 Å². The van der Waals surface area contributed by atoms with Crippen molar-refractivity contribution in [3.05, 3.63) is 16.7 Å². The summed E-state index contributed by atoms with van der Waals surface area (Å²) >= 11 is 5.52. The standard InChI is InChI=1S/C11H16BrN3S/c12-10-5-8(13)6-14-11(10)15-7-9-3-1-2-4-16-9/h5-6,9H,1-4,7,13H2,(H,14,15). The van der Waals surface area contributed by atoms with Gasteiger partial charge in [0.1, 0.15) is 5.82 Å². The maximum absolute atomic E-state index is 5.64. The molecule has 0 radical (unpaired) electrons. The van der Waals surface area contributed by atoms with Crippen LogP contribution in [0.4, 0.5) is 11.5 Å². The van der Waals surface area contributed by atoms with Gasteiger partial charge in [0, 0.05) is 11.8 Å². The monoisotopic (exact) mass is 301 g/mol. The van der Waals surface area contributed by atoms with Gasteiger partial charge in [0.25, 0.3) is 0 Å². The highest BCUT2D eigenvalue weighted by molar-refractivity contribution is 9.10. The Kier molecular flexibility index (Phi) is 4.35. The number of nitrogens with one attached hydrogen (secondary N) is 1. The molecular formula is C11H16BrN3S. The molecule has 3 nitrogen and oxygen atoms in total. The van der Waals surface area contributed by atoms with Crippen LogP contribution >= 0.6 is 27.7 Å². The van der Waals surface area contributed by atoms with Gasteiger partial charge in [0.2, 0.25) is 0 Å². The van der Waals surface area contributed by atoms with Crippen molar-refractivity contribution in [3.63, 3.8) is 0 Å². The molecule has 5 heteroatoms. The van der Waals surface area contributed by atoms with Gasteiger partial charge in [0.15, 0.2) is 0 Å². The second-order valence-electron chi connectivity index (χ2n) is 3.97. The van der Waals surface area contributed by atoms with E-state index in [4.69, 9.17) is 5.73 Å². The van der Waals surface area contributed by atoms with E-state index < -0.39 is 0 Å². The average Bonchev–Trinajstić information content (AvgIpc) is 2.29. The third-order valence-electron chi connectivity index (χ3n) is 2.63. The summed E-state index contributed by atoms with van der Waals surface area (Å²) in [7, 11) is 0. The number of nitrogens with zero attached hydrogens (tertiary/aromatic N) is 1. The third-order valence-corrected chi connectivity index (χ3v) is 4.64. The Morgan fingerprint density at radius 2 is 2.44 bits per heavy atom. The van der Waals surface area contributed by atoms with Crippen molar-refractivity contribution < 1.29 is 0 Å². The van der Waals surface area contributed by atoms with Crippen LogP contribution in [0.5, 0.6) is 0 Å². The molecule has 1 aliphatic heterocycles. The molecule has 1 unspecified atom stereocenters. The first-order chi connectivity index (χ1) is 7.75. The topological polar surface area (TPSA) is 50.9 Å². The van der Waals surface area contributed by atoms with Crippen molar-refractivity contribution in [1.82, 2.24) is 4.98 Å². The summed E-state index contributed by atoms with van der Waals surface area (Å²) in [5.41, 5.74) is 6.33. The molecule has 0 aromatic carbocycles. The van der Waals surface area contributed by atoms with E-state index in [1.54, 1.807) is 6.20 Å². The van der Waals surface area contributed by atoms with Gasteiger partial charge in [-0.05, 0) is 40.6 Å². The van der Waals surface area contributed by atoms with Gasteiger partial charge in [0.05, 0.1) is 16.4 Å². The Labute approximate surface area is 109 Å². The van der Waals surface area contributed by atoms with Crippen LogP contribution in [0.25, 0.3) is 0 Å². The molecular weight excluding hydrogens is 286 g/mol. The molecule has 0 saturated carbocycles. The van der Waals surface area contributed by atoms with Crippen molar-refractivity contribution >= 4 is 39.2 Å². The summed E-state index contributed by atoms with van der Waals surface area (Å²) in [6, 6.07) is 1.88. The largest absolute Gasteiger partial charge is 0.397 e. The summed E-state index contributed by atoms with van der Waals surface area (Å²) in [5, 5.41) is 4.10. The lowest BCUT2D eigenvalue weighted by atomic mass is 10.2. The van der Waals surface area contributed by atoms with E-state index in [1.807, 2.05) is 6.07 Å². The van der Waals surface area contributed by atoms with E-state index in [2.05, 4.69) is 38.0 Å². The van der Waals surface area contributed by atoms with Crippen LogP contribution in [0.15, 0.2) is 16.7 Å². The number of halogens is 1. The molecule has 1 fully saturated rings. The maximum atomic E-state index is 5.64. The molecule has 2 rings (SSSR count). The number of hydrogen-bond donors (Lipinski definition) is 2. The second kappa shape index (κ2) is 5.77. The molecule has 0 bridgehead atoms. The minimum atomic E-state index is 0.685. The number of nitrogens with two attached hydrogens (primary N) is 1. The highest BCUT2D eigenvalue weighted by Crippen LogP contribution is 2.27. The minimum absolute atomic E-state index is 0.685. The van der Waals surface area contributed by atoms with Crippen LogP contribution in [0.1, 0.15) is 19.3 Å². The fourth-order valence-electron chi connectivity index (χ4n) is 1.76. The predicted octanol–water partition coefficient (Wildman–Crippen LogP) is 3.12. The van der Waals surface area contributed by atoms with E-state index in [1.165, 1.54) is 25.0 Å². The summed E-state index contributed by atoms with van der Waals surface area (Å²) < 4.78 is 0.938. The van der Waals surface area contributed by atoms with Crippen molar-refractivity contribution in [2.24, 2.45) is 0 Å². The first-order valence-electron chi connectivity index (χ1n) is 5.52. The molecule has 1 aliphatic rings. The van der Waals surface area contributed by atoms with Crippen LogP contribution in [-0.4, -0.2) is 22.5 Å². The van der Waals surface area contributed by atoms with E-state index >= 15 is 0 Å². The van der Waals surface area contributed by atoms with Crippen molar-refractivity contribution in [2.45, 2.75) is 24.5 Å². The predicted molar refractivity (Wildman–Crippen MR) is 74.9 cm³/mol. The Hall–Kier alpha value is -0.420. The zero-order valence-electron chi connectivity index (χ0n) is 9.08. The lowest BCUT2D eigenvalue weighted by Crippen LogP contribution is -2.20. The highest BCUT2D eigenvalue weighted by Gasteiger charge is 2.14. The second-order valence-corrected chi connectivity index (χ2v) is 6.23. The smallest absolute Gasteiger partial charge is 0.140 e. The minimum Gasteiger partial charge on any atom is -0.397 e. The van der Waals surface area contributed by atoms with Gasteiger partial charge in [-0.2, -0.15) is 11.8 Å². The fourth-order valence-corrected chi connectivity index (χ4v) is 3.51. The highest BCUT2D eigenvalue weighted by atomic mass is 79.9.